The second-order valence-corrected chi connectivity index (χ2v) is 6.80. The van der Waals surface area contributed by atoms with Gasteiger partial charge in [-0.05, 0) is 32.4 Å². The minimum atomic E-state index is -0.258. The molecule has 2 amide bonds. The monoisotopic (exact) mass is 396 g/mol. The van der Waals surface area contributed by atoms with Crippen LogP contribution in [0.3, 0.4) is 0 Å². The Balaban J connectivity index is 2.35. The molecule has 0 aliphatic heterocycles. The lowest BCUT2D eigenvalue weighted by molar-refractivity contribution is -0.117. The van der Waals surface area contributed by atoms with Crippen LogP contribution >= 0.6 is 11.3 Å². The van der Waals surface area contributed by atoms with E-state index in [1.54, 1.807) is 12.2 Å². The van der Waals surface area contributed by atoms with E-state index in [9.17, 15) is 9.59 Å². The number of thiazole rings is 1. The largest absolute Gasteiger partial charge is 0.364 e. The zero-order valence-corrected chi connectivity index (χ0v) is 17.0. The first-order valence-electron chi connectivity index (χ1n) is 8.81. The minimum absolute atomic E-state index is 0.258. The number of hydrogen-bond acceptors (Lipinski definition) is 4. The number of nitrogens with zero attached hydrogens (tertiary/aromatic N) is 1. The molecule has 0 saturated carbocycles. The summed E-state index contributed by atoms with van der Waals surface area (Å²) >= 11 is 1.50. The summed E-state index contributed by atoms with van der Waals surface area (Å²) in [5, 5.41) is 7.93. The van der Waals surface area contributed by atoms with E-state index >= 15 is 0 Å². The first-order chi connectivity index (χ1) is 13.5. The van der Waals surface area contributed by atoms with Gasteiger partial charge in [0, 0.05) is 41.1 Å². The predicted octanol–water partition coefficient (Wildman–Crippen LogP) is 3.82. The van der Waals surface area contributed by atoms with Crippen LogP contribution in [-0.4, -0.2) is 28.8 Å². The van der Waals surface area contributed by atoms with Gasteiger partial charge < -0.3 is 15.6 Å². The summed E-state index contributed by atoms with van der Waals surface area (Å²) in [5.74, 6) is -0.258. The Morgan fingerprint density at radius 3 is 2.89 bits per heavy atom. The Bertz CT molecular complexity index is 948. The van der Waals surface area contributed by atoms with Crippen molar-refractivity contribution in [3.63, 3.8) is 0 Å². The number of hydrogen-bond donors (Lipinski definition) is 3. The third-order valence-electron chi connectivity index (χ3n) is 3.92. The van der Waals surface area contributed by atoms with Gasteiger partial charge in [0.25, 0.3) is 5.91 Å². The number of carbonyl (C=O) groups is 2. The minimum Gasteiger partial charge on any atom is -0.364 e. The van der Waals surface area contributed by atoms with Crippen LogP contribution in [0.25, 0.3) is 22.9 Å². The zero-order chi connectivity index (χ0) is 20.5. The van der Waals surface area contributed by atoms with Crippen molar-refractivity contribution in [2.24, 2.45) is 0 Å². The topological polar surface area (TPSA) is 86.9 Å². The van der Waals surface area contributed by atoms with E-state index in [0.717, 1.165) is 33.1 Å². The van der Waals surface area contributed by atoms with Crippen LogP contribution in [0.1, 0.15) is 30.1 Å². The van der Waals surface area contributed by atoms with Crippen molar-refractivity contribution in [2.45, 2.75) is 20.8 Å². The molecule has 28 heavy (non-hydrogen) atoms. The third kappa shape index (κ3) is 5.17. The van der Waals surface area contributed by atoms with Gasteiger partial charge in [0.1, 0.15) is 5.01 Å². The molecule has 0 bridgehead atoms. The van der Waals surface area contributed by atoms with Crippen molar-refractivity contribution in [3.05, 3.63) is 64.4 Å². The number of aromatic amines is 1. The summed E-state index contributed by atoms with van der Waals surface area (Å²) in [6.07, 6.45) is 11.2. The highest BCUT2D eigenvalue weighted by Gasteiger charge is 2.13. The van der Waals surface area contributed by atoms with Gasteiger partial charge in [0.2, 0.25) is 6.41 Å². The summed E-state index contributed by atoms with van der Waals surface area (Å²) in [5.41, 5.74) is 5.17. The molecule has 7 heteroatoms. The van der Waals surface area contributed by atoms with E-state index in [0.29, 0.717) is 18.5 Å². The van der Waals surface area contributed by atoms with E-state index in [1.807, 2.05) is 44.5 Å². The molecule has 2 rings (SSSR count). The fraction of sp³-hybridized carbons (Fsp3) is 0.190. The number of amides is 2. The number of allylic oxidation sites excluding steroid dienone is 3. The molecular formula is C21H24N4O2S. The molecule has 6 nitrogen and oxygen atoms in total. The van der Waals surface area contributed by atoms with Crippen molar-refractivity contribution in [3.8, 4) is 11.3 Å². The SMILES string of the molecule is C=C/C=C\c1c(-c2csc(/C(C)=C/C(=C\NC=O)C(=O)NCC)n2)c[nH]c1C. The number of aromatic nitrogens is 2. The number of H-pyrrole nitrogens is 1. The number of nitrogens with one attached hydrogen (secondary N) is 3. The van der Waals surface area contributed by atoms with Crippen LogP contribution in [-0.2, 0) is 9.59 Å². The maximum absolute atomic E-state index is 12.2. The van der Waals surface area contributed by atoms with E-state index < -0.39 is 0 Å². The molecule has 0 fully saturated rings. The maximum atomic E-state index is 12.2. The fourth-order valence-corrected chi connectivity index (χ4v) is 3.36. The van der Waals surface area contributed by atoms with Crippen molar-refractivity contribution in [2.75, 3.05) is 6.54 Å². The lowest BCUT2D eigenvalue weighted by Crippen LogP contribution is -2.25. The van der Waals surface area contributed by atoms with E-state index in [-0.39, 0.29) is 5.91 Å². The maximum Gasteiger partial charge on any atom is 0.252 e. The number of likely N-dealkylation sites (N-methyl/N-ethyl adjacent to an activating group) is 1. The van der Waals surface area contributed by atoms with Crippen LogP contribution in [0, 0.1) is 6.92 Å². The summed E-state index contributed by atoms with van der Waals surface area (Å²) < 4.78 is 0. The van der Waals surface area contributed by atoms with Gasteiger partial charge >= 0.3 is 0 Å². The molecule has 2 aromatic heterocycles. The van der Waals surface area contributed by atoms with Gasteiger partial charge in [-0.3, -0.25) is 9.59 Å². The number of carbonyl (C=O) groups excluding carboxylic acids is 2. The second kappa shape index (κ2) is 10.2. The van der Waals surface area contributed by atoms with Crippen molar-refractivity contribution in [1.82, 2.24) is 20.6 Å². The molecule has 3 N–H and O–H groups in total. The van der Waals surface area contributed by atoms with Crippen molar-refractivity contribution < 1.29 is 9.59 Å². The molecule has 146 valence electrons. The van der Waals surface area contributed by atoms with E-state index in [4.69, 9.17) is 4.98 Å². The first kappa shape index (κ1) is 21.1. The summed E-state index contributed by atoms with van der Waals surface area (Å²) in [7, 11) is 0. The Morgan fingerprint density at radius 2 is 2.21 bits per heavy atom. The second-order valence-electron chi connectivity index (χ2n) is 5.94. The van der Waals surface area contributed by atoms with Gasteiger partial charge in [-0.15, -0.1) is 11.3 Å². The smallest absolute Gasteiger partial charge is 0.252 e. The van der Waals surface area contributed by atoms with Crippen LogP contribution in [0.4, 0.5) is 0 Å². The summed E-state index contributed by atoms with van der Waals surface area (Å²) in [6, 6.07) is 0. The molecule has 0 saturated heterocycles. The van der Waals surface area contributed by atoms with Gasteiger partial charge in [0.05, 0.1) is 11.3 Å². The van der Waals surface area contributed by atoms with Crippen LogP contribution in [0.2, 0.25) is 0 Å². The lowest BCUT2D eigenvalue weighted by atomic mass is 10.1. The highest BCUT2D eigenvalue weighted by molar-refractivity contribution is 7.11. The van der Waals surface area contributed by atoms with Gasteiger partial charge in [-0.1, -0.05) is 24.8 Å². The molecule has 0 aliphatic carbocycles. The number of aryl methyl sites for hydroxylation is 1. The van der Waals surface area contributed by atoms with Crippen molar-refractivity contribution in [1.29, 1.82) is 0 Å². The first-order valence-corrected chi connectivity index (χ1v) is 9.69. The molecule has 0 spiro atoms. The normalized spacial score (nSPS) is 12.2. The number of rotatable bonds is 9. The Labute approximate surface area is 168 Å². The summed E-state index contributed by atoms with van der Waals surface area (Å²) in [6.45, 7) is 9.94. The average Bonchev–Trinajstić information content (AvgIpc) is 3.30. The quantitative estimate of drug-likeness (QED) is 0.342. The Morgan fingerprint density at radius 1 is 1.43 bits per heavy atom. The van der Waals surface area contributed by atoms with Gasteiger partial charge in [-0.25, -0.2) is 4.98 Å². The zero-order valence-electron chi connectivity index (χ0n) is 16.2. The van der Waals surface area contributed by atoms with Crippen LogP contribution < -0.4 is 10.6 Å². The molecule has 0 atom stereocenters. The molecule has 0 radical (unpaired) electrons. The molecular weight excluding hydrogens is 372 g/mol. The Hall–Kier alpha value is -3.19. The molecule has 0 aliphatic rings. The average molecular weight is 397 g/mol. The summed E-state index contributed by atoms with van der Waals surface area (Å²) in [4.78, 5) is 30.7. The molecule has 0 unspecified atom stereocenters. The molecule has 2 heterocycles. The van der Waals surface area contributed by atoms with Gasteiger partial charge in [0.15, 0.2) is 0 Å². The molecule has 0 aromatic carbocycles. The van der Waals surface area contributed by atoms with E-state index in [2.05, 4.69) is 22.2 Å². The van der Waals surface area contributed by atoms with Crippen molar-refractivity contribution >= 4 is 35.3 Å². The van der Waals surface area contributed by atoms with E-state index in [1.165, 1.54) is 17.5 Å². The van der Waals surface area contributed by atoms with Crippen LogP contribution in [0.15, 0.2) is 48.2 Å². The standard InChI is InChI=1S/C21H24N4O2S/c1-5-7-8-17-15(4)24-11-18(17)19-12-28-21(25-19)14(3)9-16(10-22-13-26)20(27)23-6-2/h5,7-13,24H,1,6H2,2-4H3,(H,22,26)(H,23,27)/b8-7-,14-9+,16-10+. The van der Waals surface area contributed by atoms with Crippen LogP contribution in [0.5, 0.6) is 0 Å². The predicted molar refractivity (Wildman–Crippen MR) is 115 cm³/mol. The highest BCUT2D eigenvalue weighted by Crippen LogP contribution is 2.31. The third-order valence-corrected chi connectivity index (χ3v) is 4.90. The fourth-order valence-electron chi connectivity index (χ4n) is 2.56. The Kier molecular flexibility index (Phi) is 7.71. The molecule has 2 aromatic rings. The highest BCUT2D eigenvalue weighted by atomic mass is 32.1. The lowest BCUT2D eigenvalue weighted by Gasteiger charge is -2.04. The van der Waals surface area contributed by atoms with Gasteiger partial charge in [-0.2, -0.15) is 0 Å².